The Labute approximate surface area is 113 Å². The van der Waals surface area contributed by atoms with Gasteiger partial charge in [0.1, 0.15) is 5.00 Å². The lowest BCUT2D eigenvalue weighted by Crippen LogP contribution is -2.31. The summed E-state index contributed by atoms with van der Waals surface area (Å²) in [5.74, 6) is 0.679. The largest absolute Gasteiger partial charge is 0.382 e. The highest BCUT2D eigenvalue weighted by Gasteiger charge is 2.19. The van der Waals surface area contributed by atoms with Crippen LogP contribution >= 0.6 is 23.3 Å². The summed E-state index contributed by atoms with van der Waals surface area (Å²) >= 11 is 3.22. The number of anilines is 2. The highest BCUT2D eigenvalue weighted by Crippen LogP contribution is 2.38. The van der Waals surface area contributed by atoms with Crippen LogP contribution in [0.15, 0.2) is 4.90 Å². The second-order valence-corrected chi connectivity index (χ2v) is 5.97. The summed E-state index contributed by atoms with van der Waals surface area (Å²) in [5.41, 5.74) is 5.90. The van der Waals surface area contributed by atoms with E-state index in [1.165, 1.54) is 35.8 Å². The van der Waals surface area contributed by atoms with Crippen LogP contribution in [-0.4, -0.2) is 23.2 Å². The molecule has 0 aliphatic carbocycles. The molecule has 0 bridgehead atoms. The Balaban J connectivity index is 2.81. The van der Waals surface area contributed by atoms with Crippen molar-refractivity contribution in [1.29, 1.82) is 0 Å². The van der Waals surface area contributed by atoms with E-state index in [4.69, 9.17) is 5.73 Å². The molecule has 1 aromatic heterocycles. The number of nitrogens with zero attached hydrogens (tertiary/aromatic N) is 2. The molecule has 0 fully saturated rings. The molecule has 0 unspecified atom stereocenters. The van der Waals surface area contributed by atoms with Gasteiger partial charge in [-0.2, -0.15) is 4.37 Å². The summed E-state index contributed by atoms with van der Waals surface area (Å²) in [4.78, 5) is 3.57. The molecule has 0 spiro atoms. The van der Waals surface area contributed by atoms with E-state index in [-0.39, 0.29) is 0 Å². The van der Waals surface area contributed by atoms with E-state index in [9.17, 15) is 0 Å². The molecule has 98 valence electrons. The lowest BCUT2D eigenvalue weighted by Gasteiger charge is -2.27. The summed E-state index contributed by atoms with van der Waals surface area (Å²) < 4.78 is 4.28. The number of unbranched alkanes of at least 4 members (excludes halogenated alkanes) is 2. The number of hydrogen-bond donors (Lipinski definition) is 1. The first-order valence-electron chi connectivity index (χ1n) is 6.17. The minimum Gasteiger partial charge on any atom is -0.382 e. The normalized spacial score (nSPS) is 11.1. The van der Waals surface area contributed by atoms with Gasteiger partial charge in [0, 0.05) is 12.6 Å². The summed E-state index contributed by atoms with van der Waals surface area (Å²) in [6.45, 7) is 7.79. The first-order chi connectivity index (χ1) is 8.11. The third-order valence-electron chi connectivity index (χ3n) is 2.75. The molecule has 2 N–H and O–H groups in total. The van der Waals surface area contributed by atoms with Gasteiger partial charge in [0.2, 0.25) is 0 Å². The molecule has 0 radical (unpaired) electrons. The van der Waals surface area contributed by atoms with Crippen LogP contribution < -0.4 is 10.6 Å². The fourth-order valence-corrected chi connectivity index (χ4v) is 3.62. The predicted molar refractivity (Wildman–Crippen MR) is 80.3 cm³/mol. The number of nitrogens with two attached hydrogens (primary N) is 1. The average molecular weight is 273 g/mol. The molecule has 17 heavy (non-hydrogen) atoms. The predicted octanol–water partition coefficient (Wildman–Crippen LogP) is 3.85. The van der Waals surface area contributed by atoms with Gasteiger partial charge >= 0.3 is 0 Å². The molecular weight excluding hydrogens is 250 g/mol. The fraction of sp³-hybridized carbons (Fsp3) is 0.750. The maximum absolute atomic E-state index is 5.90. The van der Waals surface area contributed by atoms with Gasteiger partial charge < -0.3 is 10.6 Å². The monoisotopic (exact) mass is 273 g/mol. The van der Waals surface area contributed by atoms with Gasteiger partial charge in [0.25, 0.3) is 0 Å². The molecule has 1 rings (SSSR count). The Kier molecular flexibility index (Phi) is 6.12. The van der Waals surface area contributed by atoms with Gasteiger partial charge in [-0.1, -0.05) is 19.8 Å². The van der Waals surface area contributed by atoms with E-state index >= 15 is 0 Å². The van der Waals surface area contributed by atoms with Gasteiger partial charge in [-0.3, -0.25) is 0 Å². The van der Waals surface area contributed by atoms with E-state index in [0.29, 0.717) is 11.9 Å². The van der Waals surface area contributed by atoms with E-state index in [0.717, 1.165) is 11.4 Å². The Morgan fingerprint density at radius 1 is 1.41 bits per heavy atom. The zero-order chi connectivity index (χ0) is 12.8. The van der Waals surface area contributed by atoms with Gasteiger partial charge in [-0.25, -0.2) is 0 Å². The highest BCUT2D eigenvalue weighted by molar-refractivity contribution is 7.99. The van der Waals surface area contributed by atoms with Crippen molar-refractivity contribution in [1.82, 2.24) is 4.37 Å². The number of nitrogen functional groups attached to an aromatic ring is 1. The lowest BCUT2D eigenvalue weighted by atomic mass is 10.2. The first-order valence-corrected chi connectivity index (χ1v) is 8.17. The van der Waals surface area contributed by atoms with Crippen molar-refractivity contribution in [3.63, 3.8) is 0 Å². The Bertz CT molecular complexity index is 336. The SMILES string of the molecule is CCCCCN(c1snc(N)c1SC)C(C)C. The van der Waals surface area contributed by atoms with Crippen LogP contribution in [0.25, 0.3) is 0 Å². The lowest BCUT2D eigenvalue weighted by molar-refractivity contribution is 0.627. The molecule has 0 aliphatic heterocycles. The summed E-state index contributed by atoms with van der Waals surface area (Å²) in [6.07, 6.45) is 5.84. The number of aromatic nitrogens is 1. The molecule has 1 heterocycles. The van der Waals surface area contributed by atoms with Crippen LogP contribution in [0.4, 0.5) is 10.8 Å². The summed E-state index contributed by atoms with van der Waals surface area (Å²) in [7, 11) is 0. The zero-order valence-electron chi connectivity index (χ0n) is 11.2. The van der Waals surface area contributed by atoms with Gasteiger partial charge in [-0.15, -0.1) is 11.8 Å². The van der Waals surface area contributed by atoms with Crippen molar-refractivity contribution in [3.05, 3.63) is 0 Å². The molecule has 5 heteroatoms. The van der Waals surface area contributed by atoms with Crippen molar-refractivity contribution < 1.29 is 0 Å². The van der Waals surface area contributed by atoms with Crippen LogP contribution in [0.5, 0.6) is 0 Å². The van der Waals surface area contributed by atoms with Crippen molar-refractivity contribution in [2.75, 3.05) is 23.4 Å². The molecule has 0 saturated carbocycles. The van der Waals surface area contributed by atoms with Crippen molar-refractivity contribution in [3.8, 4) is 0 Å². The second kappa shape index (κ2) is 7.11. The van der Waals surface area contributed by atoms with Crippen LogP contribution in [0.2, 0.25) is 0 Å². The topological polar surface area (TPSA) is 42.2 Å². The second-order valence-electron chi connectivity index (χ2n) is 4.40. The van der Waals surface area contributed by atoms with Crippen LogP contribution in [0.3, 0.4) is 0 Å². The van der Waals surface area contributed by atoms with Crippen molar-refractivity contribution >= 4 is 34.1 Å². The van der Waals surface area contributed by atoms with Crippen LogP contribution in [0.1, 0.15) is 40.0 Å². The molecule has 0 aliphatic rings. The molecule has 0 atom stereocenters. The van der Waals surface area contributed by atoms with E-state index in [1.54, 1.807) is 11.8 Å². The number of rotatable bonds is 7. The highest BCUT2D eigenvalue weighted by atomic mass is 32.2. The van der Waals surface area contributed by atoms with Gasteiger partial charge in [0.05, 0.1) is 4.90 Å². The maximum Gasteiger partial charge on any atom is 0.153 e. The minimum absolute atomic E-state index is 0.498. The van der Waals surface area contributed by atoms with Crippen molar-refractivity contribution in [2.45, 2.75) is 51.0 Å². The number of thioether (sulfide) groups is 1. The Hall–Kier alpha value is -0.420. The number of hydrogen-bond acceptors (Lipinski definition) is 5. The average Bonchev–Trinajstić information content (AvgIpc) is 2.65. The third kappa shape index (κ3) is 3.78. The Morgan fingerprint density at radius 3 is 2.65 bits per heavy atom. The molecular formula is C12H23N3S2. The maximum atomic E-state index is 5.90. The molecule has 3 nitrogen and oxygen atoms in total. The molecule has 0 aromatic carbocycles. The molecule has 0 amide bonds. The van der Waals surface area contributed by atoms with Crippen molar-refractivity contribution in [2.24, 2.45) is 0 Å². The quantitative estimate of drug-likeness (QED) is 0.605. The Morgan fingerprint density at radius 2 is 2.12 bits per heavy atom. The molecule has 0 saturated heterocycles. The standard InChI is InChI=1S/C12H23N3S2/c1-5-6-7-8-15(9(2)3)12-10(16-4)11(13)14-17-12/h9H,5-8H2,1-4H3,(H2,13,14). The fourth-order valence-electron chi connectivity index (χ4n) is 1.79. The van der Waals surface area contributed by atoms with Crippen LogP contribution in [0, 0.1) is 0 Å². The van der Waals surface area contributed by atoms with E-state index < -0.39 is 0 Å². The minimum atomic E-state index is 0.498. The third-order valence-corrected chi connectivity index (χ3v) is 4.59. The summed E-state index contributed by atoms with van der Waals surface area (Å²) in [6, 6.07) is 0.498. The first kappa shape index (κ1) is 14.6. The smallest absolute Gasteiger partial charge is 0.153 e. The van der Waals surface area contributed by atoms with Crippen LogP contribution in [-0.2, 0) is 0 Å². The van der Waals surface area contributed by atoms with E-state index in [2.05, 4.69) is 36.3 Å². The molecule has 1 aromatic rings. The van der Waals surface area contributed by atoms with Gasteiger partial charge in [-0.05, 0) is 38.1 Å². The zero-order valence-corrected chi connectivity index (χ0v) is 12.8. The van der Waals surface area contributed by atoms with E-state index in [1.807, 2.05) is 0 Å². The van der Waals surface area contributed by atoms with Gasteiger partial charge in [0.15, 0.2) is 5.82 Å². The summed E-state index contributed by atoms with van der Waals surface area (Å²) in [5, 5.41) is 1.24.